The summed E-state index contributed by atoms with van der Waals surface area (Å²) in [5.41, 5.74) is 2.81. The second kappa shape index (κ2) is 6.01. The highest BCUT2D eigenvalue weighted by Gasteiger charge is 2.24. The highest BCUT2D eigenvalue weighted by molar-refractivity contribution is 5.75. The number of para-hydroxylation sites is 2. The molecule has 5 nitrogen and oxygen atoms in total. The Balaban J connectivity index is 1.95. The Morgan fingerprint density at radius 2 is 2.13 bits per heavy atom. The minimum absolute atomic E-state index is 0.392. The fourth-order valence-corrected chi connectivity index (χ4v) is 3.33. The van der Waals surface area contributed by atoms with Gasteiger partial charge in [0.1, 0.15) is 17.1 Å². The molecule has 118 valence electrons. The second-order valence-electron chi connectivity index (χ2n) is 5.87. The zero-order valence-electron chi connectivity index (χ0n) is 13.2. The van der Waals surface area contributed by atoms with E-state index >= 15 is 0 Å². The van der Waals surface area contributed by atoms with E-state index in [1.807, 2.05) is 36.5 Å². The van der Waals surface area contributed by atoms with Crippen LogP contribution in [0.2, 0.25) is 0 Å². The third kappa shape index (κ3) is 2.47. The van der Waals surface area contributed by atoms with Crippen LogP contribution in [0.3, 0.4) is 0 Å². The Morgan fingerprint density at radius 3 is 2.96 bits per heavy atom. The van der Waals surface area contributed by atoms with Crippen molar-refractivity contribution in [3.63, 3.8) is 0 Å². The summed E-state index contributed by atoms with van der Waals surface area (Å²) in [6, 6.07) is 12.0. The molecule has 0 saturated carbocycles. The van der Waals surface area contributed by atoms with Crippen molar-refractivity contribution in [3.05, 3.63) is 48.4 Å². The molecule has 5 heteroatoms. The summed E-state index contributed by atoms with van der Waals surface area (Å²) >= 11 is 0. The fourth-order valence-electron chi connectivity index (χ4n) is 3.33. The SMILES string of the molecule is COc1ccccc1-n1c(C2CCCNC2)nc2cccnc21. The molecule has 3 aromatic rings. The quantitative estimate of drug-likeness (QED) is 0.808. The zero-order chi connectivity index (χ0) is 15.6. The van der Waals surface area contributed by atoms with E-state index in [1.165, 1.54) is 6.42 Å². The number of fused-ring (bicyclic) bond motifs is 1. The van der Waals surface area contributed by atoms with Crippen molar-refractivity contribution in [2.75, 3.05) is 20.2 Å². The molecule has 3 heterocycles. The molecule has 23 heavy (non-hydrogen) atoms. The Bertz CT molecular complexity index is 821. The molecule has 1 unspecified atom stereocenters. The van der Waals surface area contributed by atoms with Crippen LogP contribution < -0.4 is 10.1 Å². The minimum Gasteiger partial charge on any atom is -0.495 e. The summed E-state index contributed by atoms with van der Waals surface area (Å²) in [6.45, 7) is 2.04. The van der Waals surface area contributed by atoms with Gasteiger partial charge in [-0.1, -0.05) is 12.1 Å². The summed E-state index contributed by atoms with van der Waals surface area (Å²) in [7, 11) is 1.70. The van der Waals surface area contributed by atoms with Crippen LogP contribution in [0.25, 0.3) is 16.9 Å². The molecule has 1 aromatic carbocycles. The van der Waals surface area contributed by atoms with E-state index in [2.05, 4.69) is 20.9 Å². The lowest BCUT2D eigenvalue weighted by Crippen LogP contribution is -2.30. The number of pyridine rings is 1. The molecule has 1 fully saturated rings. The van der Waals surface area contributed by atoms with Crippen molar-refractivity contribution >= 4 is 11.2 Å². The smallest absolute Gasteiger partial charge is 0.164 e. The van der Waals surface area contributed by atoms with Gasteiger partial charge in [0.2, 0.25) is 0 Å². The van der Waals surface area contributed by atoms with Crippen molar-refractivity contribution in [2.24, 2.45) is 0 Å². The number of methoxy groups -OCH3 is 1. The van der Waals surface area contributed by atoms with Crippen LogP contribution in [0.5, 0.6) is 5.75 Å². The lowest BCUT2D eigenvalue weighted by atomic mass is 9.98. The van der Waals surface area contributed by atoms with Crippen molar-refractivity contribution in [2.45, 2.75) is 18.8 Å². The molecule has 2 aromatic heterocycles. The van der Waals surface area contributed by atoms with Gasteiger partial charge in [-0.3, -0.25) is 4.57 Å². The molecule has 0 aliphatic carbocycles. The zero-order valence-corrected chi connectivity index (χ0v) is 13.2. The van der Waals surface area contributed by atoms with Gasteiger partial charge in [-0.2, -0.15) is 0 Å². The number of hydrogen-bond acceptors (Lipinski definition) is 4. The largest absolute Gasteiger partial charge is 0.495 e. The van der Waals surface area contributed by atoms with E-state index < -0.39 is 0 Å². The van der Waals surface area contributed by atoms with Crippen LogP contribution in [0.1, 0.15) is 24.6 Å². The van der Waals surface area contributed by atoms with Gasteiger partial charge in [0, 0.05) is 18.7 Å². The predicted octanol–water partition coefficient (Wildman–Crippen LogP) is 2.90. The van der Waals surface area contributed by atoms with Gasteiger partial charge in [0.15, 0.2) is 5.65 Å². The lowest BCUT2D eigenvalue weighted by Gasteiger charge is -2.23. The van der Waals surface area contributed by atoms with E-state index in [9.17, 15) is 0 Å². The topological polar surface area (TPSA) is 52.0 Å². The number of aromatic nitrogens is 3. The number of hydrogen-bond donors (Lipinski definition) is 1. The van der Waals surface area contributed by atoms with Crippen molar-refractivity contribution in [1.29, 1.82) is 0 Å². The molecule has 1 N–H and O–H groups in total. The summed E-state index contributed by atoms with van der Waals surface area (Å²) in [4.78, 5) is 9.47. The molecule has 0 bridgehead atoms. The van der Waals surface area contributed by atoms with Crippen LogP contribution in [0.4, 0.5) is 0 Å². The first-order valence-corrected chi connectivity index (χ1v) is 8.06. The van der Waals surface area contributed by atoms with Crippen molar-refractivity contribution in [3.8, 4) is 11.4 Å². The number of imidazole rings is 1. The highest BCUT2D eigenvalue weighted by atomic mass is 16.5. The maximum atomic E-state index is 5.57. The number of nitrogens with zero attached hydrogens (tertiary/aromatic N) is 3. The molecular weight excluding hydrogens is 288 g/mol. The van der Waals surface area contributed by atoms with Gasteiger partial charge in [0.25, 0.3) is 0 Å². The third-order valence-corrected chi connectivity index (χ3v) is 4.43. The first-order valence-electron chi connectivity index (χ1n) is 8.06. The number of ether oxygens (including phenoxy) is 1. The first kappa shape index (κ1) is 14.2. The Kier molecular flexibility index (Phi) is 3.71. The summed E-state index contributed by atoms with van der Waals surface area (Å²) < 4.78 is 7.73. The molecular formula is C18H20N4O. The maximum absolute atomic E-state index is 5.57. The van der Waals surface area contributed by atoms with E-state index in [-0.39, 0.29) is 0 Å². The molecule has 1 aliphatic rings. The fraction of sp³-hybridized carbons (Fsp3) is 0.333. The van der Waals surface area contributed by atoms with Crippen LogP contribution in [0, 0.1) is 0 Å². The van der Waals surface area contributed by atoms with Crippen molar-refractivity contribution < 1.29 is 4.74 Å². The van der Waals surface area contributed by atoms with Gasteiger partial charge in [-0.05, 0) is 43.7 Å². The number of nitrogens with one attached hydrogen (secondary N) is 1. The first-order chi connectivity index (χ1) is 11.4. The maximum Gasteiger partial charge on any atom is 0.164 e. The van der Waals surface area contributed by atoms with E-state index in [1.54, 1.807) is 7.11 Å². The Labute approximate surface area is 135 Å². The molecule has 4 rings (SSSR count). The average Bonchev–Trinajstić information content (AvgIpc) is 3.02. The molecule has 0 amide bonds. The van der Waals surface area contributed by atoms with Crippen LogP contribution in [-0.2, 0) is 0 Å². The van der Waals surface area contributed by atoms with Gasteiger partial charge >= 0.3 is 0 Å². The van der Waals surface area contributed by atoms with Crippen LogP contribution >= 0.6 is 0 Å². The minimum atomic E-state index is 0.392. The molecule has 1 aliphatic heterocycles. The molecule has 1 saturated heterocycles. The highest BCUT2D eigenvalue weighted by Crippen LogP contribution is 2.32. The average molecular weight is 308 g/mol. The van der Waals surface area contributed by atoms with Crippen molar-refractivity contribution in [1.82, 2.24) is 19.9 Å². The second-order valence-corrected chi connectivity index (χ2v) is 5.87. The number of benzene rings is 1. The van der Waals surface area contributed by atoms with Crippen LogP contribution in [-0.4, -0.2) is 34.7 Å². The summed E-state index contributed by atoms with van der Waals surface area (Å²) in [5, 5.41) is 3.48. The molecule has 0 spiro atoms. The monoisotopic (exact) mass is 308 g/mol. The van der Waals surface area contributed by atoms with E-state index in [0.717, 1.165) is 47.9 Å². The van der Waals surface area contributed by atoms with Crippen LogP contribution in [0.15, 0.2) is 42.6 Å². The molecule has 0 radical (unpaired) electrons. The normalized spacial score (nSPS) is 18.2. The predicted molar refractivity (Wildman–Crippen MR) is 90.3 cm³/mol. The van der Waals surface area contributed by atoms with Gasteiger partial charge in [-0.15, -0.1) is 0 Å². The van der Waals surface area contributed by atoms with Gasteiger partial charge < -0.3 is 10.1 Å². The Morgan fingerprint density at radius 1 is 1.22 bits per heavy atom. The standard InChI is InChI=1S/C18H20N4O/c1-23-16-9-3-2-8-15(16)22-17(13-6-4-10-19-12-13)21-14-7-5-11-20-18(14)22/h2-3,5,7-9,11,13,19H,4,6,10,12H2,1H3. The summed E-state index contributed by atoms with van der Waals surface area (Å²) in [5.74, 6) is 2.29. The number of piperidine rings is 1. The molecule has 1 atom stereocenters. The number of rotatable bonds is 3. The van der Waals surface area contributed by atoms with E-state index in [0.29, 0.717) is 5.92 Å². The Hall–Kier alpha value is -2.40. The van der Waals surface area contributed by atoms with Gasteiger partial charge in [-0.25, -0.2) is 9.97 Å². The third-order valence-electron chi connectivity index (χ3n) is 4.43. The summed E-state index contributed by atoms with van der Waals surface area (Å²) in [6.07, 6.45) is 4.14. The van der Waals surface area contributed by atoms with Gasteiger partial charge in [0.05, 0.1) is 12.8 Å². The van der Waals surface area contributed by atoms with E-state index in [4.69, 9.17) is 9.72 Å². The lowest BCUT2D eigenvalue weighted by molar-refractivity contribution is 0.410.